The van der Waals surface area contributed by atoms with Gasteiger partial charge in [0.2, 0.25) is 5.91 Å². The van der Waals surface area contributed by atoms with Crippen molar-refractivity contribution in [2.45, 2.75) is 30.4 Å². The molecule has 1 amide bonds. The van der Waals surface area contributed by atoms with Crippen molar-refractivity contribution in [3.63, 3.8) is 0 Å². The number of rotatable bonds is 8. The summed E-state index contributed by atoms with van der Waals surface area (Å²) in [5.74, 6) is 0.871. The predicted octanol–water partition coefficient (Wildman–Crippen LogP) is 2.97. The van der Waals surface area contributed by atoms with Gasteiger partial charge in [-0.1, -0.05) is 13.8 Å². The van der Waals surface area contributed by atoms with Gasteiger partial charge in [-0.25, -0.2) is 8.42 Å². The minimum atomic E-state index is -3.74. The summed E-state index contributed by atoms with van der Waals surface area (Å²) in [5, 5.41) is 1.70. The summed E-state index contributed by atoms with van der Waals surface area (Å²) < 4.78 is 36.4. The lowest BCUT2D eigenvalue weighted by atomic mass is 10.1. The van der Waals surface area contributed by atoms with E-state index >= 15 is 0 Å². The molecule has 6 nitrogen and oxygen atoms in total. The van der Waals surface area contributed by atoms with Crippen molar-refractivity contribution in [3.05, 3.63) is 48.4 Å². The Hall–Kier alpha value is -2.28. The van der Waals surface area contributed by atoms with Crippen LogP contribution in [0.2, 0.25) is 0 Å². The Morgan fingerprint density at radius 3 is 2.40 bits per heavy atom. The van der Waals surface area contributed by atoms with Crippen LogP contribution in [0.25, 0.3) is 0 Å². The van der Waals surface area contributed by atoms with Crippen LogP contribution in [-0.4, -0.2) is 28.0 Å². The summed E-state index contributed by atoms with van der Waals surface area (Å²) in [4.78, 5) is 12.1. The Bertz CT molecular complexity index is 779. The van der Waals surface area contributed by atoms with E-state index in [1.807, 2.05) is 13.8 Å². The first kappa shape index (κ1) is 19.1. The van der Waals surface area contributed by atoms with Crippen LogP contribution in [0.3, 0.4) is 0 Å². The number of hydrogen-bond donors (Lipinski definition) is 1. The Morgan fingerprint density at radius 2 is 1.88 bits per heavy atom. The van der Waals surface area contributed by atoms with Gasteiger partial charge in [0.15, 0.2) is 9.84 Å². The van der Waals surface area contributed by atoms with Crippen molar-refractivity contribution in [1.82, 2.24) is 5.32 Å². The molecular weight excluding hydrogens is 342 g/mol. The molecular formula is C18H23NO5S. The maximum Gasteiger partial charge on any atom is 0.220 e. The van der Waals surface area contributed by atoms with Gasteiger partial charge in [0, 0.05) is 13.0 Å². The lowest BCUT2D eigenvalue weighted by Crippen LogP contribution is -2.32. The number of benzene rings is 1. The largest absolute Gasteiger partial charge is 0.497 e. The summed E-state index contributed by atoms with van der Waals surface area (Å²) in [5.41, 5.74) is 0. The van der Waals surface area contributed by atoms with Crippen LogP contribution < -0.4 is 10.1 Å². The summed E-state index contributed by atoms with van der Waals surface area (Å²) >= 11 is 0. The normalized spacial score (nSPS) is 12.8. The number of carbonyl (C=O) groups is 1. The van der Waals surface area contributed by atoms with Crippen LogP contribution >= 0.6 is 0 Å². The number of sulfone groups is 1. The molecule has 1 unspecified atom stereocenters. The fourth-order valence-electron chi connectivity index (χ4n) is 2.42. The van der Waals surface area contributed by atoms with E-state index in [1.54, 1.807) is 24.3 Å². The smallest absolute Gasteiger partial charge is 0.220 e. The highest BCUT2D eigenvalue weighted by Gasteiger charge is 2.31. The Morgan fingerprint density at radius 1 is 1.20 bits per heavy atom. The van der Waals surface area contributed by atoms with E-state index < -0.39 is 15.1 Å². The summed E-state index contributed by atoms with van der Waals surface area (Å²) in [6.07, 6.45) is 1.76. The first-order valence-corrected chi connectivity index (χ1v) is 9.57. The van der Waals surface area contributed by atoms with Crippen LogP contribution in [0.4, 0.5) is 0 Å². The molecule has 1 heterocycles. The van der Waals surface area contributed by atoms with Gasteiger partial charge in [0.05, 0.1) is 18.3 Å². The van der Waals surface area contributed by atoms with Gasteiger partial charge in [-0.05, 0) is 42.3 Å². The first-order chi connectivity index (χ1) is 11.8. The molecule has 0 saturated heterocycles. The molecule has 0 aliphatic heterocycles. The molecule has 0 radical (unpaired) electrons. The molecule has 136 valence electrons. The van der Waals surface area contributed by atoms with E-state index in [4.69, 9.17) is 9.15 Å². The first-order valence-electron chi connectivity index (χ1n) is 8.02. The molecule has 7 heteroatoms. The standard InChI is InChI=1S/C18H23NO5S/c1-13(2)11-18(20)19-12-17(16-5-4-10-24-16)25(21,22)15-8-6-14(23-3)7-9-15/h4-10,13,17H,11-12H2,1-3H3,(H,19,20). The average Bonchev–Trinajstić information content (AvgIpc) is 3.08. The van der Waals surface area contributed by atoms with Crippen LogP contribution in [0, 0.1) is 5.92 Å². The van der Waals surface area contributed by atoms with E-state index in [9.17, 15) is 13.2 Å². The summed E-state index contributed by atoms with van der Waals surface area (Å²) in [6.45, 7) is 3.81. The van der Waals surface area contributed by atoms with Crippen molar-refractivity contribution in [2.24, 2.45) is 5.92 Å². The summed E-state index contributed by atoms with van der Waals surface area (Å²) in [7, 11) is -2.22. The molecule has 0 saturated carbocycles. The van der Waals surface area contributed by atoms with Gasteiger partial charge >= 0.3 is 0 Å². The number of hydrogen-bond acceptors (Lipinski definition) is 5. The second-order valence-electron chi connectivity index (χ2n) is 6.13. The van der Waals surface area contributed by atoms with Crippen molar-refractivity contribution in [3.8, 4) is 5.75 Å². The molecule has 1 aromatic heterocycles. The van der Waals surface area contributed by atoms with E-state index in [1.165, 1.54) is 25.5 Å². The highest BCUT2D eigenvalue weighted by Crippen LogP contribution is 2.30. The maximum absolute atomic E-state index is 13.0. The number of furan rings is 1. The van der Waals surface area contributed by atoms with E-state index in [0.29, 0.717) is 17.9 Å². The highest BCUT2D eigenvalue weighted by atomic mass is 32.2. The number of nitrogens with one attached hydrogen (secondary N) is 1. The van der Waals surface area contributed by atoms with Gasteiger partial charge in [0.25, 0.3) is 0 Å². The van der Waals surface area contributed by atoms with Crippen molar-refractivity contribution in [1.29, 1.82) is 0 Å². The molecule has 0 fully saturated rings. The van der Waals surface area contributed by atoms with Crippen molar-refractivity contribution >= 4 is 15.7 Å². The minimum Gasteiger partial charge on any atom is -0.497 e. The fourth-order valence-corrected chi connectivity index (χ4v) is 4.00. The monoisotopic (exact) mass is 365 g/mol. The molecule has 0 spiro atoms. The number of ether oxygens (including phenoxy) is 1. The molecule has 0 bridgehead atoms. The zero-order chi connectivity index (χ0) is 18.4. The number of amides is 1. The van der Waals surface area contributed by atoms with Gasteiger partial charge in [-0.15, -0.1) is 0 Å². The Labute approximate surface area is 148 Å². The predicted molar refractivity (Wildman–Crippen MR) is 94.1 cm³/mol. The van der Waals surface area contributed by atoms with E-state index in [-0.39, 0.29) is 23.3 Å². The van der Waals surface area contributed by atoms with Gasteiger partial charge < -0.3 is 14.5 Å². The highest BCUT2D eigenvalue weighted by molar-refractivity contribution is 7.91. The molecule has 1 N–H and O–H groups in total. The maximum atomic E-state index is 13.0. The molecule has 2 aromatic rings. The van der Waals surface area contributed by atoms with E-state index in [0.717, 1.165) is 0 Å². The van der Waals surface area contributed by atoms with Crippen LogP contribution in [0.15, 0.2) is 52.0 Å². The second-order valence-corrected chi connectivity index (χ2v) is 8.26. The van der Waals surface area contributed by atoms with Crippen LogP contribution in [-0.2, 0) is 14.6 Å². The lowest BCUT2D eigenvalue weighted by molar-refractivity contribution is -0.121. The summed E-state index contributed by atoms with van der Waals surface area (Å²) in [6, 6.07) is 9.37. The zero-order valence-electron chi connectivity index (χ0n) is 14.6. The molecule has 1 aromatic carbocycles. The molecule has 25 heavy (non-hydrogen) atoms. The quantitative estimate of drug-likeness (QED) is 0.777. The Kier molecular flexibility index (Phi) is 6.25. The average molecular weight is 365 g/mol. The molecule has 0 aliphatic carbocycles. The minimum absolute atomic E-state index is 0.0482. The molecule has 1 atom stereocenters. The van der Waals surface area contributed by atoms with E-state index in [2.05, 4.69) is 5.32 Å². The second kappa shape index (κ2) is 8.20. The lowest BCUT2D eigenvalue weighted by Gasteiger charge is -2.17. The van der Waals surface area contributed by atoms with Gasteiger partial charge in [0.1, 0.15) is 16.8 Å². The van der Waals surface area contributed by atoms with Gasteiger partial charge in [-0.2, -0.15) is 0 Å². The van der Waals surface area contributed by atoms with Crippen LogP contribution in [0.1, 0.15) is 31.3 Å². The fraction of sp³-hybridized carbons (Fsp3) is 0.389. The Balaban J connectivity index is 2.26. The van der Waals surface area contributed by atoms with Crippen molar-refractivity contribution < 1.29 is 22.4 Å². The zero-order valence-corrected chi connectivity index (χ0v) is 15.4. The van der Waals surface area contributed by atoms with Crippen LogP contribution in [0.5, 0.6) is 5.75 Å². The topological polar surface area (TPSA) is 85.6 Å². The third-order valence-electron chi connectivity index (χ3n) is 3.70. The van der Waals surface area contributed by atoms with Crippen molar-refractivity contribution in [2.75, 3.05) is 13.7 Å². The molecule has 2 rings (SSSR count). The number of carbonyl (C=O) groups excluding carboxylic acids is 1. The third-order valence-corrected chi connectivity index (χ3v) is 5.78. The molecule has 0 aliphatic rings. The SMILES string of the molecule is COc1ccc(S(=O)(=O)C(CNC(=O)CC(C)C)c2ccco2)cc1. The van der Waals surface area contributed by atoms with Gasteiger partial charge in [-0.3, -0.25) is 4.79 Å². The number of methoxy groups -OCH3 is 1. The third kappa shape index (κ3) is 4.85.